The van der Waals surface area contributed by atoms with Crippen molar-refractivity contribution in [2.45, 2.75) is 38.5 Å². The molecular weight excluding hydrogens is 532 g/mol. The first kappa shape index (κ1) is 28.2. The monoisotopic (exact) mass is 570 g/mol. The van der Waals surface area contributed by atoms with Gasteiger partial charge in [-0.3, -0.25) is 14.6 Å². The lowest BCUT2D eigenvalue weighted by molar-refractivity contribution is 0.0376. The van der Waals surface area contributed by atoms with Crippen LogP contribution in [0.4, 0.5) is 5.13 Å². The molecule has 2 atom stereocenters. The third-order valence-corrected chi connectivity index (χ3v) is 10.4. The van der Waals surface area contributed by atoms with E-state index in [1.165, 1.54) is 11.3 Å². The van der Waals surface area contributed by atoms with Crippen molar-refractivity contribution in [3.8, 4) is 0 Å². The van der Waals surface area contributed by atoms with Gasteiger partial charge in [-0.2, -0.15) is 4.31 Å². The number of rotatable bonds is 8. The zero-order chi connectivity index (χ0) is 27.6. The van der Waals surface area contributed by atoms with Crippen LogP contribution >= 0.6 is 11.3 Å². The Hall–Kier alpha value is -2.37. The van der Waals surface area contributed by atoms with Gasteiger partial charge in [0, 0.05) is 44.8 Å². The van der Waals surface area contributed by atoms with Crippen molar-refractivity contribution in [1.29, 1.82) is 0 Å². The molecule has 2 unspecified atom stereocenters. The summed E-state index contributed by atoms with van der Waals surface area (Å²) >= 11 is 1.51. The second-order valence-corrected chi connectivity index (χ2v) is 14.0. The fraction of sp³-hybridized carbons (Fsp3) is 0.517. The van der Waals surface area contributed by atoms with Crippen LogP contribution in [-0.4, -0.2) is 81.0 Å². The maximum atomic E-state index is 13.8. The number of nitrogens with zero attached hydrogens (tertiary/aromatic N) is 4. The second-order valence-electron chi connectivity index (χ2n) is 11.0. The van der Waals surface area contributed by atoms with Gasteiger partial charge in [-0.05, 0) is 73.6 Å². The SMILES string of the molecule is Cc1ccc2nc(N(CCCN3CCOCC3)C(=O)c3ccc(S(=O)(=O)N4CC(C)CC(C)C4)cc3)sc2c1. The number of ether oxygens (including phenoxy) is 1. The zero-order valence-corrected chi connectivity index (χ0v) is 24.6. The molecule has 0 bridgehead atoms. The van der Waals surface area contributed by atoms with E-state index in [4.69, 9.17) is 9.72 Å². The smallest absolute Gasteiger partial charge is 0.260 e. The first-order chi connectivity index (χ1) is 18.7. The molecule has 10 heteroatoms. The van der Waals surface area contributed by atoms with Gasteiger partial charge in [-0.1, -0.05) is 31.3 Å². The van der Waals surface area contributed by atoms with E-state index >= 15 is 0 Å². The molecule has 5 rings (SSSR count). The van der Waals surface area contributed by atoms with Crippen molar-refractivity contribution < 1.29 is 17.9 Å². The number of thiazole rings is 1. The van der Waals surface area contributed by atoms with Gasteiger partial charge in [-0.15, -0.1) is 0 Å². The summed E-state index contributed by atoms with van der Waals surface area (Å²) < 4.78 is 34.8. The summed E-state index contributed by atoms with van der Waals surface area (Å²) in [6.07, 6.45) is 1.84. The molecule has 0 radical (unpaired) electrons. The Morgan fingerprint density at radius 1 is 1.08 bits per heavy atom. The van der Waals surface area contributed by atoms with Crippen LogP contribution in [0.25, 0.3) is 10.2 Å². The summed E-state index contributed by atoms with van der Waals surface area (Å²) in [6, 6.07) is 12.5. The van der Waals surface area contributed by atoms with Gasteiger partial charge in [0.05, 0.1) is 28.3 Å². The van der Waals surface area contributed by atoms with E-state index in [9.17, 15) is 13.2 Å². The minimum atomic E-state index is -3.61. The number of benzene rings is 2. The van der Waals surface area contributed by atoms with Gasteiger partial charge in [0.25, 0.3) is 5.91 Å². The standard InChI is InChI=1S/C29H38N4O4S2/c1-21-5-10-26-27(18-21)38-29(30-26)33(12-4-11-31-13-15-37-16-14-31)28(34)24-6-8-25(9-7-24)39(35,36)32-19-22(2)17-23(3)20-32/h5-10,18,22-23H,4,11-17,19-20H2,1-3H3. The third-order valence-electron chi connectivity index (χ3n) is 7.54. The molecule has 8 nitrogen and oxygen atoms in total. The molecule has 0 aliphatic carbocycles. The lowest BCUT2D eigenvalue weighted by Gasteiger charge is -2.34. The topological polar surface area (TPSA) is 83.0 Å². The number of anilines is 1. The number of piperidine rings is 1. The van der Waals surface area contributed by atoms with Gasteiger partial charge in [0.15, 0.2) is 5.13 Å². The number of morpholine rings is 1. The quantitative estimate of drug-likeness (QED) is 0.393. The highest BCUT2D eigenvalue weighted by molar-refractivity contribution is 7.89. The maximum absolute atomic E-state index is 13.8. The van der Waals surface area contributed by atoms with Crippen LogP contribution in [0, 0.1) is 18.8 Å². The molecule has 2 saturated heterocycles. The number of amides is 1. The second kappa shape index (κ2) is 12.0. The average Bonchev–Trinajstić information content (AvgIpc) is 3.33. The van der Waals surface area contributed by atoms with Crippen LogP contribution < -0.4 is 4.90 Å². The Bertz CT molecular complexity index is 1390. The first-order valence-corrected chi connectivity index (χ1v) is 16.1. The maximum Gasteiger partial charge on any atom is 0.260 e. The van der Waals surface area contributed by atoms with E-state index in [1.54, 1.807) is 33.5 Å². The lowest BCUT2D eigenvalue weighted by atomic mass is 9.94. The molecule has 210 valence electrons. The normalized spacial score (nSPS) is 21.3. The van der Waals surface area contributed by atoms with Crippen molar-refractivity contribution >= 4 is 42.6 Å². The molecule has 2 aromatic carbocycles. The van der Waals surface area contributed by atoms with E-state index in [0.29, 0.717) is 42.2 Å². The molecule has 1 amide bonds. The van der Waals surface area contributed by atoms with E-state index in [-0.39, 0.29) is 10.8 Å². The van der Waals surface area contributed by atoms with Crippen LogP contribution in [0.3, 0.4) is 0 Å². The van der Waals surface area contributed by atoms with E-state index in [1.807, 2.05) is 19.1 Å². The molecule has 39 heavy (non-hydrogen) atoms. The summed E-state index contributed by atoms with van der Waals surface area (Å²) in [4.78, 5) is 22.9. The van der Waals surface area contributed by atoms with Crippen LogP contribution in [0.1, 0.15) is 42.6 Å². The summed E-state index contributed by atoms with van der Waals surface area (Å²) in [6.45, 7) is 12.0. The Morgan fingerprint density at radius 3 is 2.46 bits per heavy atom. The number of aryl methyl sites for hydroxylation is 1. The Kier molecular flexibility index (Phi) is 8.68. The van der Waals surface area contributed by atoms with Crippen molar-refractivity contribution in [2.75, 3.05) is 57.4 Å². The number of hydrogen-bond donors (Lipinski definition) is 0. The molecule has 2 aliphatic rings. The highest BCUT2D eigenvalue weighted by atomic mass is 32.2. The minimum absolute atomic E-state index is 0.170. The van der Waals surface area contributed by atoms with Crippen LogP contribution in [0.15, 0.2) is 47.4 Å². The molecule has 0 spiro atoms. The van der Waals surface area contributed by atoms with Crippen LogP contribution in [0.2, 0.25) is 0 Å². The predicted octanol–water partition coefficient (Wildman–Crippen LogP) is 4.64. The number of sulfonamides is 1. The number of hydrogen-bond acceptors (Lipinski definition) is 7. The lowest BCUT2D eigenvalue weighted by Crippen LogP contribution is -2.42. The molecule has 0 saturated carbocycles. The Labute approximate surface area is 235 Å². The summed E-state index contributed by atoms with van der Waals surface area (Å²) in [5, 5.41) is 0.663. The fourth-order valence-corrected chi connectivity index (χ4v) is 8.34. The van der Waals surface area contributed by atoms with Crippen molar-refractivity contribution in [3.05, 3.63) is 53.6 Å². The van der Waals surface area contributed by atoms with Gasteiger partial charge in [0.2, 0.25) is 10.0 Å². The Balaban J connectivity index is 1.37. The summed E-state index contributed by atoms with van der Waals surface area (Å²) in [5.41, 5.74) is 2.48. The summed E-state index contributed by atoms with van der Waals surface area (Å²) in [7, 11) is -3.61. The number of fused-ring (bicyclic) bond motifs is 1. The molecule has 2 fully saturated rings. The van der Waals surface area contributed by atoms with E-state index in [0.717, 1.165) is 61.5 Å². The molecular formula is C29H38N4O4S2. The van der Waals surface area contributed by atoms with Gasteiger partial charge >= 0.3 is 0 Å². The highest BCUT2D eigenvalue weighted by Gasteiger charge is 2.32. The van der Waals surface area contributed by atoms with Crippen molar-refractivity contribution in [3.63, 3.8) is 0 Å². The molecule has 2 aliphatic heterocycles. The largest absolute Gasteiger partial charge is 0.379 e. The molecule has 3 heterocycles. The Morgan fingerprint density at radius 2 is 1.77 bits per heavy atom. The number of carbonyl (C=O) groups excluding carboxylic acids is 1. The molecule has 0 N–H and O–H groups in total. The number of carbonyl (C=O) groups is 1. The fourth-order valence-electron chi connectivity index (χ4n) is 5.57. The van der Waals surface area contributed by atoms with E-state index < -0.39 is 10.0 Å². The van der Waals surface area contributed by atoms with Crippen LogP contribution in [-0.2, 0) is 14.8 Å². The average molecular weight is 571 g/mol. The predicted molar refractivity (Wildman–Crippen MR) is 156 cm³/mol. The highest BCUT2D eigenvalue weighted by Crippen LogP contribution is 2.31. The minimum Gasteiger partial charge on any atom is -0.379 e. The van der Waals surface area contributed by atoms with Gasteiger partial charge in [-0.25, -0.2) is 13.4 Å². The van der Waals surface area contributed by atoms with Crippen LogP contribution in [0.5, 0.6) is 0 Å². The zero-order valence-electron chi connectivity index (χ0n) is 23.0. The van der Waals surface area contributed by atoms with Gasteiger partial charge in [0.1, 0.15) is 0 Å². The first-order valence-electron chi connectivity index (χ1n) is 13.8. The molecule has 3 aromatic rings. The van der Waals surface area contributed by atoms with Crippen molar-refractivity contribution in [1.82, 2.24) is 14.2 Å². The van der Waals surface area contributed by atoms with Gasteiger partial charge < -0.3 is 4.74 Å². The number of aromatic nitrogens is 1. The molecule has 1 aromatic heterocycles. The third kappa shape index (κ3) is 6.52. The van der Waals surface area contributed by atoms with E-state index in [2.05, 4.69) is 24.8 Å². The summed E-state index contributed by atoms with van der Waals surface area (Å²) in [5.74, 6) is 0.484. The van der Waals surface area contributed by atoms with Crippen molar-refractivity contribution in [2.24, 2.45) is 11.8 Å².